The van der Waals surface area contributed by atoms with E-state index >= 15 is 0 Å². The molecule has 0 aliphatic heterocycles. The van der Waals surface area contributed by atoms with E-state index in [1.165, 1.54) is 148 Å². The fourth-order valence-electron chi connectivity index (χ4n) is 8.54. The number of hydrogen-bond acceptors (Lipinski definition) is 13. The Morgan fingerprint density at radius 2 is 0.754 bits per heavy atom. The largest absolute Gasteiger partial charge is 0.390 e. The Balaban J connectivity index is 2.25. The first-order valence-electron chi connectivity index (χ1n) is 28.8. The molecule has 0 aromatic heterocycles. The van der Waals surface area contributed by atoms with Crippen molar-refractivity contribution in [3.8, 4) is 0 Å². The zero-order valence-electron chi connectivity index (χ0n) is 45.2. The number of aliphatic hydroxyl groups is 1. The third kappa shape index (κ3) is 42.5. The summed E-state index contributed by atoms with van der Waals surface area (Å²) in [6.07, 6.45) is 37.4. The Kier molecular flexibility index (Phi) is 49.8. The van der Waals surface area contributed by atoms with Crippen molar-refractivity contribution in [1.29, 1.82) is 0 Å². The zero-order chi connectivity index (χ0) is 49.8. The third-order valence-corrected chi connectivity index (χ3v) is 12.8. The second kappa shape index (κ2) is 52.6. The average molecular weight is 984 g/mol. The molecule has 69 heavy (non-hydrogen) atoms. The van der Waals surface area contributed by atoms with Gasteiger partial charge in [-0.25, -0.2) is 0 Å². The Hall–Kier alpha value is -1.68. The highest BCUT2D eigenvalue weighted by Gasteiger charge is 2.22. The Bertz CT molecular complexity index is 1250. The van der Waals surface area contributed by atoms with E-state index in [1.807, 2.05) is 0 Å². The van der Waals surface area contributed by atoms with Gasteiger partial charge >= 0.3 is 0 Å². The van der Waals surface area contributed by atoms with Crippen LogP contribution in [0.3, 0.4) is 0 Å². The molecular weight excluding hydrogens is 873 g/mol. The first-order valence-corrected chi connectivity index (χ1v) is 28.8. The molecule has 13 heteroatoms. The van der Waals surface area contributed by atoms with Crippen molar-refractivity contribution in [2.24, 2.45) is 0 Å². The summed E-state index contributed by atoms with van der Waals surface area (Å²) in [5, 5.41) is 21.0. The number of rotatable bonds is 59. The summed E-state index contributed by atoms with van der Waals surface area (Å²) in [5.41, 5.74) is -0.489. The van der Waals surface area contributed by atoms with Crippen molar-refractivity contribution in [2.45, 2.75) is 213 Å². The van der Waals surface area contributed by atoms with Gasteiger partial charge in [0, 0.05) is 79.6 Å². The van der Waals surface area contributed by atoms with Gasteiger partial charge in [-0.05, 0) is 77.5 Å². The van der Waals surface area contributed by atoms with Gasteiger partial charge in [-0.3, -0.25) is 9.59 Å². The maximum absolute atomic E-state index is 12.5. The summed E-state index contributed by atoms with van der Waals surface area (Å²) < 4.78 is 33.0. The molecule has 4 N–H and O–H groups in total. The van der Waals surface area contributed by atoms with Crippen LogP contribution in [-0.2, 0) is 28.4 Å². The minimum Gasteiger partial charge on any atom is -0.390 e. The van der Waals surface area contributed by atoms with E-state index in [9.17, 15) is 14.7 Å². The smallest absolute Gasteiger partial charge is 0.253 e. The third-order valence-electron chi connectivity index (χ3n) is 12.8. The van der Waals surface area contributed by atoms with Gasteiger partial charge in [-0.2, -0.15) is 0 Å². The molecule has 0 aliphatic carbocycles. The fraction of sp³-hybridized carbons (Fsp3) is 0.929. The fourth-order valence-corrected chi connectivity index (χ4v) is 8.54. The molecule has 1 rings (SSSR count). The molecule has 408 valence electrons. The summed E-state index contributed by atoms with van der Waals surface area (Å²) in [7, 11) is 1.67. The number of hydrogen-bond donors (Lipinski definition) is 4. The van der Waals surface area contributed by atoms with Crippen LogP contribution in [0.1, 0.15) is 206 Å². The van der Waals surface area contributed by atoms with Crippen LogP contribution in [0, 0.1) is 0 Å². The van der Waals surface area contributed by atoms with Gasteiger partial charge in [-0.15, -0.1) is 0 Å². The predicted octanol–water partition coefficient (Wildman–Crippen LogP) is 10.8. The van der Waals surface area contributed by atoms with E-state index in [-0.39, 0.29) is 17.9 Å². The zero-order valence-corrected chi connectivity index (χ0v) is 45.2. The van der Waals surface area contributed by atoms with E-state index < -0.39 is 17.0 Å². The molecule has 0 amide bonds. The quantitative estimate of drug-likeness (QED) is 0.0363. The number of nitrogens with one attached hydrogen (secondary N) is 3. The van der Waals surface area contributed by atoms with Gasteiger partial charge in [-0.1, -0.05) is 155 Å². The number of ether oxygens (including phenoxy) is 6. The van der Waals surface area contributed by atoms with E-state index in [0.29, 0.717) is 85.8 Å². The van der Waals surface area contributed by atoms with Gasteiger partial charge < -0.3 is 54.4 Å². The van der Waals surface area contributed by atoms with E-state index in [2.05, 4.69) is 34.7 Å². The minimum atomic E-state index is -0.653. The van der Waals surface area contributed by atoms with Gasteiger partial charge in [0.2, 0.25) is 0 Å². The highest BCUT2D eigenvalue weighted by molar-refractivity contribution is 5.73. The lowest BCUT2D eigenvalue weighted by atomic mass is 10.1. The van der Waals surface area contributed by atoms with Crippen LogP contribution >= 0.6 is 0 Å². The lowest BCUT2D eigenvalue weighted by molar-refractivity contribution is 0.0408. The normalized spacial score (nSPS) is 12.2. The van der Waals surface area contributed by atoms with Crippen LogP contribution in [0.25, 0.3) is 0 Å². The molecule has 1 atom stereocenters. The summed E-state index contributed by atoms with van der Waals surface area (Å²) in [6.45, 7) is 16.7. The molecule has 0 saturated carbocycles. The highest BCUT2D eigenvalue weighted by atomic mass is 16.5. The Morgan fingerprint density at radius 3 is 1.19 bits per heavy atom. The standard InChI is InChI=1S/C56H110N4O9/c1-4-6-8-10-12-14-16-18-20-22-24-26-34-57-35-27-29-38-60(37-28-25-23-21-19-17-15-13-11-9-7-5-2)51-52(61)50-59-54-53(55(62)56(54)63)58-36-47-68-45-32-43-66-41-30-39-65-40-31-42-67-44-33-46-69-49-48-64-3/h52,57-59,61H,4-51H2,1-3H3. The van der Waals surface area contributed by atoms with E-state index in [1.54, 1.807) is 7.11 Å². The van der Waals surface area contributed by atoms with Crippen LogP contribution in [0.2, 0.25) is 0 Å². The van der Waals surface area contributed by atoms with Crippen molar-refractivity contribution < 1.29 is 33.5 Å². The van der Waals surface area contributed by atoms with Gasteiger partial charge in [0.1, 0.15) is 11.4 Å². The molecule has 1 unspecified atom stereocenters. The van der Waals surface area contributed by atoms with Crippen molar-refractivity contribution in [2.75, 3.05) is 136 Å². The average Bonchev–Trinajstić information content (AvgIpc) is 3.35. The van der Waals surface area contributed by atoms with Crippen LogP contribution in [0.4, 0.5) is 11.4 Å². The molecule has 0 spiro atoms. The highest BCUT2D eigenvalue weighted by Crippen LogP contribution is 2.16. The van der Waals surface area contributed by atoms with E-state index in [4.69, 9.17) is 28.4 Å². The van der Waals surface area contributed by atoms with Crippen LogP contribution < -0.4 is 26.8 Å². The number of unbranched alkanes of at least 4 members (excludes halogenated alkanes) is 23. The molecule has 0 fully saturated rings. The molecule has 1 aromatic carbocycles. The van der Waals surface area contributed by atoms with Crippen LogP contribution in [0.15, 0.2) is 9.59 Å². The van der Waals surface area contributed by atoms with Gasteiger partial charge in [0.25, 0.3) is 10.9 Å². The SMILES string of the molecule is CCCCCCCCCCCCCCNCCCCN(CCCCCCCCCCCCCC)CC(O)CNc1c(NCCOCCCOCCCOCCCOCCCOCCOC)c(=O)c1=O. The monoisotopic (exact) mass is 983 g/mol. The second-order valence-corrected chi connectivity index (χ2v) is 19.4. The predicted molar refractivity (Wildman–Crippen MR) is 289 cm³/mol. The van der Waals surface area contributed by atoms with Crippen molar-refractivity contribution in [3.63, 3.8) is 0 Å². The van der Waals surface area contributed by atoms with Crippen LogP contribution in [-0.4, -0.2) is 142 Å². The number of anilines is 2. The lowest BCUT2D eigenvalue weighted by Gasteiger charge is -2.26. The summed E-state index contributed by atoms with van der Waals surface area (Å²) in [4.78, 5) is 27.3. The Labute approximate surface area is 423 Å². The van der Waals surface area contributed by atoms with Crippen LogP contribution in [0.5, 0.6) is 0 Å². The van der Waals surface area contributed by atoms with Gasteiger partial charge in [0.05, 0.1) is 25.9 Å². The molecule has 0 heterocycles. The van der Waals surface area contributed by atoms with Crippen molar-refractivity contribution >= 4 is 11.4 Å². The van der Waals surface area contributed by atoms with Crippen molar-refractivity contribution in [3.05, 3.63) is 20.4 Å². The first kappa shape index (κ1) is 65.3. The minimum absolute atomic E-state index is 0.222. The molecule has 0 aliphatic rings. The molecule has 0 saturated heterocycles. The molecule has 0 bridgehead atoms. The lowest BCUT2D eigenvalue weighted by Crippen LogP contribution is -2.41. The topological polar surface area (TPSA) is 149 Å². The summed E-state index contributed by atoms with van der Waals surface area (Å²) >= 11 is 0. The first-order chi connectivity index (χ1) is 34.0. The summed E-state index contributed by atoms with van der Waals surface area (Å²) in [5.74, 6) is 0. The molecule has 1 aromatic rings. The molecule has 13 nitrogen and oxygen atoms in total. The van der Waals surface area contributed by atoms with E-state index in [0.717, 1.165) is 71.1 Å². The maximum Gasteiger partial charge on any atom is 0.253 e. The van der Waals surface area contributed by atoms with Crippen molar-refractivity contribution in [1.82, 2.24) is 10.2 Å². The number of methoxy groups -OCH3 is 1. The maximum atomic E-state index is 12.5. The number of aliphatic hydroxyl groups excluding tert-OH is 1. The Morgan fingerprint density at radius 1 is 0.406 bits per heavy atom. The molecular formula is C56H110N4O9. The second-order valence-electron chi connectivity index (χ2n) is 19.4. The van der Waals surface area contributed by atoms with Gasteiger partial charge in [0.15, 0.2) is 0 Å². The molecule has 0 radical (unpaired) electrons. The summed E-state index contributed by atoms with van der Waals surface area (Å²) in [6, 6.07) is 0. The number of nitrogens with zero attached hydrogens (tertiary/aromatic N) is 1.